The first-order valence-corrected chi connectivity index (χ1v) is 10.5. The Morgan fingerprint density at radius 2 is 1.93 bits per heavy atom. The van der Waals surface area contributed by atoms with Crippen molar-refractivity contribution in [2.24, 2.45) is 5.92 Å². The molecule has 28 heavy (non-hydrogen) atoms. The van der Waals surface area contributed by atoms with Crippen LogP contribution in [-0.4, -0.2) is 42.6 Å². The van der Waals surface area contributed by atoms with Crippen LogP contribution in [0.25, 0.3) is 0 Å². The van der Waals surface area contributed by atoms with E-state index < -0.39 is 25.8 Å². The van der Waals surface area contributed by atoms with Gasteiger partial charge >= 0.3 is 13.8 Å². The van der Waals surface area contributed by atoms with Crippen LogP contribution in [0.4, 0.5) is 0 Å². The van der Waals surface area contributed by atoms with Crippen LogP contribution in [0.3, 0.4) is 0 Å². The van der Waals surface area contributed by atoms with E-state index in [2.05, 4.69) is 5.32 Å². The largest absolute Gasteiger partial charge is 0.472 e. The minimum atomic E-state index is -4.24. The second kappa shape index (κ2) is 12.5. The Morgan fingerprint density at radius 1 is 1.25 bits per heavy atom. The molecule has 0 aliphatic carbocycles. The molecule has 0 radical (unpaired) electrons. The van der Waals surface area contributed by atoms with Crippen molar-refractivity contribution in [2.75, 3.05) is 19.8 Å². The summed E-state index contributed by atoms with van der Waals surface area (Å²) in [5.41, 5.74) is 0.371. The van der Waals surface area contributed by atoms with Crippen molar-refractivity contribution in [3.05, 3.63) is 48.0 Å². The Bertz CT molecular complexity index is 693. The van der Waals surface area contributed by atoms with Gasteiger partial charge in [-0.15, -0.1) is 0 Å². The molecule has 2 N–H and O–H groups in total. The van der Waals surface area contributed by atoms with Crippen LogP contribution < -0.4 is 5.32 Å². The van der Waals surface area contributed by atoms with Gasteiger partial charge in [0.2, 0.25) is 5.91 Å². The SMILES string of the molecule is C/C=C/[C@@H](OC(=O)c1ccccc1)[C@@H](CNC(C)=O)COP(=O)(O)OCCC. The minimum absolute atomic E-state index is 0.0748. The highest BCUT2D eigenvalue weighted by Gasteiger charge is 2.29. The van der Waals surface area contributed by atoms with E-state index in [-0.39, 0.29) is 25.7 Å². The third-order valence-electron chi connectivity index (χ3n) is 3.62. The zero-order valence-corrected chi connectivity index (χ0v) is 17.3. The molecule has 8 nitrogen and oxygen atoms in total. The number of benzene rings is 1. The molecule has 0 saturated carbocycles. The maximum Gasteiger partial charge on any atom is 0.472 e. The van der Waals surface area contributed by atoms with Crippen LogP contribution in [0.5, 0.6) is 0 Å². The van der Waals surface area contributed by atoms with Gasteiger partial charge in [-0.3, -0.25) is 13.8 Å². The highest BCUT2D eigenvalue weighted by Crippen LogP contribution is 2.43. The average molecular weight is 413 g/mol. The summed E-state index contributed by atoms with van der Waals surface area (Å²) < 4.78 is 27.4. The molecule has 0 aromatic heterocycles. The predicted octanol–water partition coefficient (Wildman–Crippen LogP) is 3.08. The fraction of sp³-hybridized carbons (Fsp3) is 0.474. The number of carbonyl (C=O) groups excluding carboxylic acids is 2. The number of hydrogen-bond donors (Lipinski definition) is 2. The van der Waals surface area contributed by atoms with E-state index in [1.54, 1.807) is 56.3 Å². The Labute approximate surface area is 165 Å². The summed E-state index contributed by atoms with van der Waals surface area (Å²) >= 11 is 0. The fourth-order valence-electron chi connectivity index (χ4n) is 2.23. The lowest BCUT2D eigenvalue weighted by Crippen LogP contribution is -2.38. The molecular formula is C19H28NO7P. The Hall–Kier alpha value is -1.99. The molecule has 0 aliphatic rings. The van der Waals surface area contributed by atoms with Crippen LogP contribution in [0, 0.1) is 5.92 Å². The van der Waals surface area contributed by atoms with Crippen LogP contribution in [0.15, 0.2) is 42.5 Å². The van der Waals surface area contributed by atoms with Gasteiger partial charge in [-0.2, -0.15) is 0 Å². The summed E-state index contributed by atoms with van der Waals surface area (Å²) in [6, 6.07) is 8.45. The normalized spacial score (nSPS) is 15.6. The van der Waals surface area contributed by atoms with Gasteiger partial charge in [0.1, 0.15) is 6.10 Å². The zero-order valence-electron chi connectivity index (χ0n) is 16.4. The quantitative estimate of drug-likeness (QED) is 0.308. The van der Waals surface area contributed by atoms with Crippen molar-refractivity contribution in [2.45, 2.75) is 33.3 Å². The summed E-state index contributed by atoms with van der Waals surface area (Å²) in [7, 11) is -4.24. The van der Waals surface area contributed by atoms with Crippen molar-refractivity contribution in [1.82, 2.24) is 5.32 Å². The van der Waals surface area contributed by atoms with Crippen molar-refractivity contribution in [3.63, 3.8) is 0 Å². The van der Waals surface area contributed by atoms with Crippen LogP contribution >= 0.6 is 7.82 Å². The number of hydrogen-bond acceptors (Lipinski definition) is 6. The molecule has 3 atom stereocenters. The zero-order chi connectivity index (χ0) is 21.0. The number of ether oxygens (including phenoxy) is 1. The van der Waals surface area contributed by atoms with E-state index in [1.165, 1.54) is 6.92 Å². The molecule has 1 amide bonds. The van der Waals surface area contributed by atoms with Crippen molar-refractivity contribution >= 4 is 19.7 Å². The highest BCUT2D eigenvalue weighted by molar-refractivity contribution is 7.47. The maximum atomic E-state index is 12.4. The molecule has 0 spiro atoms. The summed E-state index contributed by atoms with van der Waals surface area (Å²) in [5, 5.41) is 2.62. The number of phosphoric ester groups is 1. The summed E-state index contributed by atoms with van der Waals surface area (Å²) in [5.74, 6) is -1.43. The monoisotopic (exact) mass is 413 g/mol. The highest BCUT2D eigenvalue weighted by atomic mass is 31.2. The lowest BCUT2D eigenvalue weighted by Gasteiger charge is -2.25. The maximum absolute atomic E-state index is 12.4. The van der Waals surface area contributed by atoms with Crippen molar-refractivity contribution in [3.8, 4) is 0 Å². The van der Waals surface area contributed by atoms with E-state index in [0.29, 0.717) is 12.0 Å². The topological polar surface area (TPSA) is 111 Å². The summed E-state index contributed by atoms with van der Waals surface area (Å²) in [6.07, 6.45) is 3.09. The van der Waals surface area contributed by atoms with Crippen LogP contribution in [-0.2, 0) is 23.1 Å². The molecule has 0 saturated heterocycles. The fourth-order valence-corrected chi connectivity index (χ4v) is 3.09. The number of amides is 1. The first kappa shape index (κ1) is 24.0. The van der Waals surface area contributed by atoms with E-state index in [4.69, 9.17) is 13.8 Å². The van der Waals surface area contributed by atoms with E-state index >= 15 is 0 Å². The van der Waals surface area contributed by atoms with Crippen LogP contribution in [0.2, 0.25) is 0 Å². The number of rotatable bonds is 12. The van der Waals surface area contributed by atoms with Gasteiger partial charge in [-0.1, -0.05) is 31.2 Å². The third kappa shape index (κ3) is 9.28. The number of nitrogens with one attached hydrogen (secondary N) is 1. The van der Waals surface area contributed by atoms with Gasteiger partial charge in [-0.25, -0.2) is 9.36 Å². The van der Waals surface area contributed by atoms with E-state index in [1.807, 2.05) is 0 Å². The number of allylic oxidation sites excluding steroid dienone is 1. The molecule has 0 aliphatic heterocycles. The van der Waals surface area contributed by atoms with Gasteiger partial charge in [0.05, 0.1) is 18.8 Å². The molecule has 156 valence electrons. The first-order chi connectivity index (χ1) is 13.3. The lowest BCUT2D eigenvalue weighted by molar-refractivity contribution is -0.119. The predicted molar refractivity (Wildman–Crippen MR) is 105 cm³/mol. The second-order valence-electron chi connectivity index (χ2n) is 6.06. The molecule has 1 aromatic rings. The first-order valence-electron chi connectivity index (χ1n) is 9.04. The van der Waals surface area contributed by atoms with E-state index in [9.17, 15) is 19.0 Å². The van der Waals surface area contributed by atoms with Crippen LogP contribution in [0.1, 0.15) is 37.6 Å². The molecule has 9 heteroatoms. The molecule has 1 rings (SSSR count). The number of carbonyl (C=O) groups is 2. The van der Waals surface area contributed by atoms with Crippen molar-refractivity contribution in [1.29, 1.82) is 0 Å². The summed E-state index contributed by atoms with van der Waals surface area (Å²) in [6.45, 7) is 4.80. The molecular weight excluding hydrogens is 385 g/mol. The molecule has 1 unspecified atom stereocenters. The average Bonchev–Trinajstić information content (AvgIpc) is 2.66. The van der Waals surface area contributed by atoms with Gasteiger partial charge in [0.15, 0.2) is 0 Å². The third-order valence-corrected chi connectivity index (χ3v) is 4.61. The standard InChI is InChI=1S/C19H28NO7P/c1-4-9-18(27-19(22)16-10-7-6-8-11-16)17(13-20-15(3)21)14-26-28(23,24)25-12-5-2/h4,6-11,17-18H,5,12-14H2,1-3H3,(H,20,21)(H,23,24)/b9-4+/t17-,18+/m0/s1. The Balaban J connectivity index is 2.90. The Morgan fingerprint density at radius 3 is 2.50 bits per heavy atom. The molecule has 0 bridgehead atoms. The van der Waals surface area contributed by atoms with Gasteiger partial charge < -0.3 is 14.9 Å². The minimum Gasteiger partial charge on any atom is -0.454 e. The molecule has 1 aromatic carbocycles. The van der Waals surface area contributed by atoms with E-state index in [0.717, 1.165) is 0 Å². The molecule has 0 fully saturated rings. The van der Waals surface area contributed by atoms with Crippen molar-refractivity contribution < 1.29 is 32.8 Å². The lowest BCUT2D eigenvalue weighted by atomic mass is 10.0. The summed E-state index contributed by atoms with van der Waals surface area (Å²) in [4.78, 5) is 33.5. The number of phosphoric acid groups is 1. The van der Waals surface area contributed by atoms with Gasteiger partial charge in [-0.05, 0) is 31.6 Å². The smallest absolute Gasteiger partial charge is 0.454 e. The van der Waals surface area contributed by atoms with Gasteiger partial charge in [0, 0.05) is 19.4 Å². The Kier molecular flexibility index (Phi) is 10.7. The number of esters is 1. The second-order valence-corrected chi connectivity index (χ2v) is 7.51. The van der Waals surface area contributed by atoms with Gasteiger partial charge in [0.25, 0.3) is 0 Å². The molecule has 0 heterocycles.